The Balaban J connectivity index is 0. The number of rotatable bonds is 2. The third-order valence-electron chi connectivity index (χ3n) is 0.586. The summed E-state index contributed by atoms with van der Waals surface area (Å²) in [4.78, 5) is 13.9. The maximum absolute atomic E-state index is 10.1. The molecule has 3 nitrogen and oxygen atoms in total. The van der Waals surface area contributed by atoms with Crippen LogP contribution in [0.15, 0.2) is 0 Å². The molecule has 0 aliphatic heterocycles. The van der Waals surface area contributed by atoms with Crippen molar-refractivity contribution in [2.45, 2.75) is 19.8 Å². The normalized spacial score (nSPS) is 7.25. The van der Waals surface area contributed by atoms with E-state index in [9.17, 15) is 4.79 Å². The standard InChI is InChI=1S/C4H9NO2.Na.H/c1-2-3-4(6)7-5;;/h2-3,5H2,1H3;;. The average Bonchev–Trinajstić information content (AvgIpc) is 1.68. The monoisotopic (exact) mass is 127 g/mol. The molecule has 0 saturated heterocycles. The van der Waals surface area contributed by atoms with E-state index in [1.54, 1.807) is 0 Å². The molecule has 0 aliphatic carbocycles. The van der Waals surface area contributed by atoms with Crippen LogP contribution in [0.1, 0.15) is 19.8 Å². The van der Waals surface area contributed by atoms with E-state index >= 15 is 0 Å². The van der Waals surface area contributed by atoms with E-state index in [-0.39, 0.29) is 35.5 Å². The second-order valence-corrected chi connectivity index (χ2v) is 1.24. The molecular formula is C4H10NNaO2. The molecule has 0 heterocycles. The maximum atomic E-state index is 10.1. The van der Waals surface area contributed by atoms with Crippen molar-refractivity contribution in [3.63, 3.8) is 0 Å². The molecule has 0 aromatic heterocycles. The quantitative estimate of drug-likeness (QED) is 0.404. The first-order valence-electron chi connectivity index (χ1n) is 2.20. The Morgan fingerprint density at radius 2 is 2.25 bits per heavy atom. The van der Waals surface area contributed by atoms with Crippen molar-refractivity contribution in [3.8, 4) is 0 Å². The van der Waals surface area contributed by atoms with Gasteiger partial charge >= 0.3 is 35.5 Å². The summed E-state index contributed by atoms with van der Waals surface area (Å²) in [6.07, 6.45) is 1.20. The molecule has 44 valence electrons. The fourth-order valence-corrected chi connectivity index (χ4v) is 0.263. The molecule has 0 fully saturated rings. The Labute approximate surface area is 70.8 Å². The summed E-state index contributed by atoms with van der Waals surface area (Å²) in [6, 6.07) is 0. The fraction of sp³-hybridized carbons (Fsp3) is 0.750. The molecule has 0 aromatic carbocycles. The number of hydrogen-bond acceptors (Lipinski definition) is 3. The van der Waals surface area contributed by atoms with Gasteiger partial charge in [0.25, 0.3) is 0 Å². The summed E-state index contributed by atoms with van der Waals surface area (Å²) >= 11 is 0. The Hall–Kier alpha value is 0.430. The van der Waals surface area contributed by atoms with Gasteiger partial charge in [0.15, 0.2) is 0 Å². The minimum atomic E-state index is -0.345. The molecule has 0 bridgehead atoms. The zero-order chi connectivity index (χ0) is 5.70. The second kappa shape index (κ2) is 7.43. The molecule has 0 saturated carbocycles. The van der Waals surface area contributed by atoms with Gasteiger partial charge in [-0.15, -0.1) is 0 Å². The van der Waals surface area contributed by atoms with Gasteiger partial charge in [0.1, 0.15) is 0 Å². The van der Waals surface area contributed by atoms with Gasteiger partial charge in [0.05, 0.1) is 0 Å². The van der Waals surface area contributed by atoms with E-state index in [4.69, 9.17) is 0 Å². The van der Waals surface area contributed by atoms with Crippen LogP contribution in [-0.4, -0.2) is 35.5 Å². The van der Waals surface area contributed by atoms with Crippen LogP contribution in [0.5, 0.6) is 0 Å². The predicted molar refractivity (Wildman–Crippen MR) is 32.3 cm³/mol. The minimum absolute atomic E-state index is 0. The third-order valence-corrected chi connectivity index (χ3v) is 0.586. The van der Waals surface area contributed by atoms with E-state index < -0.39 is 0 Å². The summed E-state index contributed by atoms with van der Waals surface area (Å²) in [5.41, 5.74) is 0. The van der Waals surface area contributed by atoms with Crippen LogP contribution >= 0.6 is 0 Å². The Bertz CT molecular complexity index is 67.1. The van der Waals surface area contributed by atoms with Gasteiger partial charge < -0.3 is 4.84 Å². The van der Waals surface area contributed by atoms with Gasteiger partial charge in [-0.2, -0.15) is 5.90 Å². The van der Waals surface area contributed by atoms with Crippen molar-refractivity contribution in [3.05, 3.63) is 0 Å². The fourth-order valence-electron chi connectivity index (χ4n) is 0.263. The van der Waals surface area contributed by atoms with E-state index in [1.165, 1.54) is 0 Å². The van der Waals surface area contributed by atoms with Crippen molar-refractivity contribution < 1.29 is 9.63 Å². The molecule has 4 heteroatoms. The van der Waals surface area contributed by atoms with Gasteiger partial charge in [0, 0.05) is 6.42 Å². The Kier molecular flexibility index (Phi) is 10.5. The van der Waals surface area contributed by atoms with E-state index in [0.29, 0.717) is 6.42 Å². The second-order valence-electron chi connectivity index (χ2n) is 1.24. The van der Waals surface area contributed by atoms with Gasteiger partial charge in [0.2, 0.25) is 0 Å². The molecule has 0 aromatic rings. The zero-order valence-corrected chi connectivity index (χ0v) is 4.31. The molecule has 8 heavy (non-hydrogen) atoms. The molecule has 0 amide bonds. The molecular weight excluding hydrogens is 117 g/mol. The van der Waals surface area contributed by atoms with Crippen molar-refractivity contribution in [1.82, 2.24) is 0 Å². The van der Waals surface area contributed by atoms with E-state index in [2.05, 4.69) is 10.7 Å². The Morgan fingerprint density at radius 1 is 1.75 bits per heavy atom. The summed E-state index contributed by atoms with van der Waals surface area (Å²) in [6.45, 7) is 1.89. The van der Waals surface area contributed by atoms with Crippen LogP contribution in [0.25, 0.3) is 0 Å². The predicted octanol–water partition coefficient (Wildman–Crippen LogP) is -0.445. The van der Waals surface area contributed by atoms with Gasteiger partial charge in [-0.1, -0.05) is 6.92 Å². The van der Waals surface area contributed by atoms with Gasteiger partial charge in [-0.25, -0.2) is 0 Å². The number of carbonyl (C=O) groups is 1. The first-order valence-corrected chi connectivity index (χ1v) is 2.20. The summed E-state index contributed by atoms with van der Waals surface area (Å²) in [5, 5.41) is 0. The molecule has 0 radical (unpaired) electrons. The number of hydrogen-bond donors (Lipinski definition) is 1. The van der Waals surface area contributed by atoms with Crippen molar-refractivity contribution in [1.29, 1.82) is 0 Å². The van der Waals surface area contributed by atoms with Crippen LogP contribution in [0, 0.1) is 0 Å². The van der Waals surface area contributed by atoms with Crippen molar-refractivity contribution in [2.24, 2.45) is 5.90 Å². The molecule has 2 N–H and O–H groups in total. The number of carbonyl (C=O) groups excluding carboxylic acids is 1. The average molecular weight is 127 g/mol. The van der Waals surface area contributed by atoms with Crippen LogP contribution in [-0.2, 0) is 9.63 Å². The zero-order valence-electron chi connectivity index (χ0n) is 4.31. The Morgan fingerprint density at radius 3 is 2.38 bits per heavy atom. The van der Waals surface area contributed by atoms with Crippen LogP contribution < -0.4 is 5.90 Å². The van der Waals surface area contributed by atoms with Gasteiger partial charge in [-0.3, -0.25) is 4.79 Å². The molecule has 0 atom stereocenters. The topological polar surface area (TPSA) is 52.3 Å². The third kappa shape index (κ3) is 6.43. The van der Waals surface area contributed by atoms with Crippen LogP contribution in [0.4, 0.5) is 0 Å². The molecule has 0 rings (SSSR count). The van der Waals surface area contributed by atoms with E-state index in [0.717, 1.165) is 6.42 Å². The van der Waals surface area contributed by atoms with Crippen molar-refractivity contribution in [2.75, 3.05) is 0 Å². The first kappa shape index (κ1) is 11.3. The van der Waals surface area contributed by atoms with E-state index in [1.807, 2.05) is 6.92 Å². The molecule has 0 aliphatic rings. The van der Waals surface area contributed by atoms with Crippen LogP contribution in [0.2, 0.25) is 0 Å². The summed E-state index contributed by atoms with van der Waals surface area (Å²) < 4.78 is 0. The van der Waals surface area contributed by atoms with Crippen LogP contribution in [0.3, 0.4) is 0 Å². The summed E-state index contributed by atoms with van der Waals surface area (Å²) in [5.74, 6) is 4.16. The van der Waals surface area contributed by atoms with Crippen molar-refractivity contribution >= 4 is 35.5 Å². The number of nitrogens with two attached hydrogens (primary N) is 1. The molecule has 0 unspecified atom stereocenters. The molecule has 0 spiro atoms. The SMILES string of the molecule is CCCC(=O)ON.[NaH]. The van der Waals surface area contributed by atoms with Gasteiger partial charge in [-0.05, 0) is 6.42 Å². The first-order chi connectivity index (χ1) is 3.31. The summed E-state index contributed by atoms with van der Waals surface area (Å²) in [7, 11) is 0.